The number of nitrogens with one attached hydrogen (secondary N) is 1. The Balaban J connectivity index is 1.85. The summed E-state index contributed by atoms with van der Waals surface area (Å²) in [5.41, 5.74) is 1.60. The first-order valence-electron chi connectivity index (χ1n) is 8.88. The molecule has 0 amide bonds. The summed E-state index contributed by atoms with van der Waals surface area (Å²) in [5, 5.41) is 23.4. The van der Waals surface area contributed by atoms with Crippen LogP contribution in [0.2, 0.25) is 0 Å². The number of ketones is 1. The second-order valence-electron chi connectivity index (χ2n) is 7.44. The molecular formula is C20H19N3O3. The van der Waals surface area contributed by atoms with Crippen LogP contribution in [-0.4, -0.2) is 30.4 Å². The Morgan fingerprint density at radius 1 is 1.35 bits per heavy atom. The van der Waals surface area contributed by atoms with Gasteiger partial charge < -0.3 is 10.1 Å². The van der Waals surface area contributed by atoms with Crippen LogP contribution in [0.15, 0.2) is 34.4 Å². The van der Waals surface area contributed by atoms with E-state index < -0.39 is 11.4 Å². The van der Waals surface area contributed by atoms with Gasteiger partial charge >= 0.3 is 5.97 Å². The first-order valence-corrected chi connectivity index (χ1v) is 8.88. The van der Waals surface area contributed by atoms with Gasteiger partial charge in [-0.15, -0.1) is 0 Å². The topological polar surface area (TPSA) is 103 Å². The van der Waals surface area contributed by atoms with Crippen molar-refractivity contribution in [2.24, 2.45) is 11.3 Å². The van der Waals surface area contributed by atoms with Crippen molar-refractivity contribution < 1.29 is 14.3 Å². The van der Waals surface area contributed by atoms with Gasteiger partial charge in [-0.2, -0.15) is 10.5 Å². The summed E-state index contributed by atoms with van der Waals surface area (Å²) in [5.74, 6) is -0.596. The monoisotopic (exact) mass is 349 g/mol. The van der Waals surface area contributed by atoms with Crippen molar-refractivity contribution in [2.75, 3.05) is 6.61 Å². The predicted octanol–water partition coefficient (Wildman–Crippen LogP) is 1.86. The van der Waals surface area contributed by atoms with E-state index in [0.717, 1.165) is 24.0 Å². The van der Waals surface area contributed by atoms with Gasteiger partial charge in [-0.05, 0) is 29.6 Å². The highest BCUT2D eigenvalue weighted by atomic mass is 16.5. The van der Waals surface area contributed by atoms with Crippen LogP contribution < -0.4 is 5.32 Å². The van der Waals surface area contributed by atoms with Crippen LogP contribution in [0, 0.1) is 34.0 Å². The maximum atomic E-state index is 12.5. The summed E-state index contributed by atoms with van der Waals surface area (Å²) >= 11 is 0. The van der Waals surface area contributed by atoms with Gasteiger partial charge in [0.25, 0.3) is 0 Å². The Labute approximate surface area is 151 Å². The number of Topliss-reactive ketones (excluding diaryl/α,β-unsaturated/α-hetero) is 1. The average Bonchev–Trinajstić information content (AvgIpc) is 3.10. The summed E-state index contributed by atoms with van der Waals surface area (Å²) in [6, 6.07) is 4.89. The van der Waals surface area contributed by atoms with Crippen LogP contribution in [0.4, 0.5) is 0 Å². The number of hydrogen-bond acceptors (Lipinski definition) is 6. The number of esters is 1. The molecule has 2 bridgehead atoms. The Bertz CT molecular complexity index is 867. The van der Waals surface area contributed by atoms with E-state index in [1.54, 1.807) is 0 Å². The largest absolute Gasteiger partial charge is 0.461 e. The highest BCUT2D eigenvalue weighted by Gasteiger charge is 2.49. The molecule has 2 aliphatic heterocycles. The molecule has 132 valence electrons. The molecule has 0 aromatic rings. The molecule has 4 rings (SSSR count). The number of rotatable bonds is 2. The second-order valence-corrected chi connectivity index (χ2v) is 7.44. The molecule has 6 heteroatoms. The van der Waals surface area contributed by atoms with E-state index in [9.17, 15) is 20.1 Å². The number of nitriles is 2. The van der Waals surface area contributed by atoms with Crippen LogP contribution in [0.3, 0.4) is 0 Å². The van der Waals surface area contributed by atoms with E-state index in [1.807, 2.05) is 6.08 Å². The van der Waals surface area contributed by atoms with E-state index in [-0.39, 0.29) is 43.2 Å². The molecule has 1 N–H and O–H groups in total. The normalized spacial score (nSPS) is 31.0. The van der Waals surface area contributed by atoms with Gasteiger partial charge in [-0.3, -0.25) is 9.59 Å². The number of carbonyl (C=O) groups is 2. The number of carbonyl (C=O) groups excluding carboxylic acids is 2. The molecule has 0 radical (unpaired) electrons. The van der Waals surface area contributed by atoms with Gasteiger partial charge in [-0.1, -0.05) is 12.2 Å². The summed E-state index contributed by atoms with van der Waals surface area (Å²) in [4.78, 5) is 23.7. The fourth-order valence-electron chi connectivity index (χ4n) is 4.68. The zero-order valence-corrected chi connectivity index (χ0v) is 14.5. The van der Waals surface area contributed by atoms with Crippen molar-refractivity contribution >= 4 is 11.8 Å². The Kier molecular flexibility index (Phi) is 3.82. The molecule has 26 heavy (non-hydrogen) atoms. The SMILES string of the molecule is CC(=O)OCC1=C2CC(C#N)(C#N)C3=CC4CC[C@H](N4)[C@@H]3C=C2CC1=O. The van der Waals surface area contributed by atoms with Crippen molar-refractivity contribution in [2.45, 2.75) is 44.7 Å². The average molecular weight is 349 g/mol. The Morgan fingerprint density at radius 3 is 2.81 bits per heavy atom. The van der Waals surface area contributed by atoms with Gasteiger partial charge in [0.1, 0.15) is 6.61 Å². The van der Waals surface area contributed by atoms with E-state index in [0.29, 0.717) is 11.1 Å². The summed E-state index contributed by atoms with van der Waals surface area (Å²) in [6.07, 6.45) is 6.52. The standard InChI is InChI=1S/C20H19N3O3/c1-11(24)26-8-16-15-7-20(9-21,10-22)17-6-13-2-3-18(23-13)14(17)4-12(15)5-19(16)25/h4,6,13-14,18,23H,2-3,5,7-8H2,1H3/t13?,14-,18+/m1/s1. The van der Waals surface area contributed by atoms with Gasteiger partial charge in [0.05, 0.1) is 12.1 Å². The van der Waals surface area contributed by atoms with Gasteiger partial charge in [0.15, 0.2) is 11.2 Å². The molecule has 3 atom stereocenters. The van der Waals surface area contributed by atoms with Crippen molar-refractivity contribution in [3.05, 3.63) is 34.4 Å². The highest BCUT2D eigenvalue weighted by molar-refractivity contribution is 6.03. The number of ether oxygens (including phenoxy) is 1. The summed E-state index contributed by atoms with van der Waals surface area (Å²) < 4.78 is 5.05. The molecule has 2 heterocycles. The van der Waals surface area contributed by atoms with Crippen molar-refractivity contribution in [3.8, 4) is 12.1 Å². The zero-order valence-electron chi connectivity index (χ0n) is 14.5. The molecule has 0 saturated carbocycles. The fourth-order valence-corrected chi connectivity index (χ4v) is 4.68. The van der Waals surface area contributed by atoms with Crippen molar-refractivity contribution in [1.82, 2.24) is 5.32 Å². The van der Waals surface area contributed by atoms with Crippen LogP contribution >= 0.6 is 0 Å². The van der Waals surface area contributed by atoms with Gasteiger partial charge in [-0.25, -0.2) is 0 Å². The second kappa shape index (κ2) is 5.93. The third kappa shape index (κ3) is 2.41. The van der Waals surface area contributed by atoms with E-state index in [2.05, 4.69) is 23.5 Å². The first-order chi connectivity index (χ1) is 12.5. The lowest BCUT2D eigenvalue weighted by Crippen LogP contribution is -2.42. The molecule has 0 aromatic heterocycles. The van der Waals surface area contributed by atoms with E-state index >= 15 is 0 Å². The van der Waals surface area contributed by atoms with Crippen LogP contribution in [0.1, 0.15) is 32.6 Å². The number of hydrogen-bond donors (Lipinski definition) is 1. The first kappa shape index (κ1) is 16.8. The fraction of sp³-hybridized carbons (Fsp3) is 0.500. The van der Waals surface area contributed by atoms with Crippen LogP contribution in [0.25, 0.3) is 0 Å². The highest BCUT2D eigenvalue weighted by Crippen LogP contribution is 2.51. The predicted molar refractivity (Wildman–Crippen MR) is 91.2 cm³/mol. The minimum absolute atomic E-state index is 0.0542. The van der Waals surface area contributed by atoms with Crippen LogP contribution in [-0.2, 0) is 14.3 Å². The van der Waals surface area contributed by atoms with Crippen LogP contribution in [0.5, 0.6) is 0 Å². The third-order valence-electron chi connectivity index (χ3n) is 5.95. The molecule has 4 aliphatic rings. The Morgan fingerprint density at radius 2 is 2.12 bits per heavy atom. The third-order valence-corrected chi connectivity index (χ3v) is 5.95. The molecule has 1 saturated heterocycles. The van der Waals surface area contributed by atoms with E-state index in [1.165, 1.54) is 6.92 Å². The van der Waals surface area contributed by atoms with Gasteiger partial charge in [0, 0.05) is 43.3 Å². The lowest BCUT2D eigenvalue weighted by atomic mass is 9.71. The lowest BCUT2D eigenvalue weighted by Gasteiger charge is -2.33. The molecular weight excluding hydrogens is 330 g/mol. The Hall–Kier alpha value is -2.70. The van der Waals surface area contributed by atoms with Crippen molar-refractivity contribution in [3.63, 3.8) is 0 Å². The van der Waals surface area contributed by atoms with Gasteiger partial charge in [0.2, 0.25) is 0 Å². The molecule has 0 aromatic carbocycles. The van der Waals surface area contributed by atoms with Crippen molar-refractivity contribution in [1.29, 1.82) is 10.5 Å². The van der Waals surface area contributed by atoms with E-state index in [4.69, 9.17) is 4.74 Å². The number of fused-ring (bicyclic) bond motifs is 5. The number of allylic oxidation sites excluding steroid dienone is 2. The molecule has 6 nitrogen and oxygen atoms in total. The maximum Gasteiger partial charge on any atom is 0.302 e. The molecule has 1 fully saturated rings. The zero-order chi connectivity index (χ0) is 18.5. The number of nitrogens with zero attached hydrogens (tertiary/aromatic N) is 2. The minimum atomic E-state index is -1.28. The molecule has 2 aliphatic carbocycles. The molecule has 0 spiro atoms. The summed E-state index contributed by atoms with van der Waals surface area (Å²) in [7, 11) is 0. The molecule has 1 unspecified atom stereocenters. The minimum Gasteiger partial charge on any atom is -0.461 e. The lowest BCUT2D eigenvalue weighted by molar-refractivity contribution is -0.140. The smallest absolute Gasteiger partial charge is 0.302 e. The summed E-state index contributed by atoms with van der Waals surface area (Å²) in [6.45, 7) is 1.20. The quantitative estimate of drug-likeness (QED) is 0.603. The maximum absolute atomic E-state index is 12.5.